The summed E-state index contributed by atoms with van der Waals surface area (Å²) >= 11 is 0. The van der Waals surface area contributed by atoms with Crippen molar-refractivity contribution in [3.8, 4) is 0 Å². The van der Waals surface area contributed by atoms with Gasteiger partial charge in [0.1, 0.15) is 0 Å². The van der Waals surface area contributed by atoms with Gasteiger partial charge in [0.2, 0.25) is 5.91 Å². The number of rotatable bonds is 7. The van der Waals surface area contributed by atoms with Crippen molar-refractivity contribution in [3.63, 3.8) is 0 Å². The Labute approximate surface area is 168 Å². The van der Waals surface area contributed by atoms with E-state index in [0.717, 1.165) is 17.7 Å². The molecule has 11 heteroatoms. The number of nitrogens with zero attached hydrogens (tertiary/aromatic N) is 1. The number of amides is 1. The second-order valence-electron chi connectivity index (χ2n) is 6.79. The van der Waals surface area contributed by atoms with E-state index in [1.165, 1.54) is 12.1 Å². The average Bonchev–Trinajstić information content (AvgIpc) is 2.98. The van der Waals surface area contributed by atoms with Crippen molar-refractivity contribution in [1.82, 2.24) is 16.0 Å². The van der Waals surface area contributed by atoms with Crippen LogP contribution in [0.1, 0.15) is 24.0 Å². The molecule has 1 amide bonds. The average molecular weight is 434 g/mol. The standard InChI is InChI=1S/C18H25F3N4O3S/c1-22-17(23-9-6-13-2-4-14(5-3-13)18(19,20)21)24-10-7-16(26)25-15-8-11-29(27,28)12-15/h2-5,15H,6-12H2,1H3,(H,25,26)(H2,22,23,24). The molecular formula is C18H25F3N4O3S. The van der Waals surface area contributed by atoms with Gasteiger partial charge in [0, 0.05) is 32.6 Å². The summed E-state index contributed by atoms with van der Waals surface area (Å²) in [5.74, 6) is 0.318. The highest BCUT2D eigenvalue weighted by Gasteiger charge is 2.30. The Bertz CT molecular complexity index is 824. The number of aliphatic imine (C=N–C) groups is 1. The first-order valence-electron chi connectivity index (χ1n) is 9.19. The molecule has 1 saturated heterocycles. The van der Waals surface area contributed by atoms with Crippen LogP contribution >= 0.6 is 0 Å². The molecular weight excluding hydrogens is 409 g/mol. The molecule has 1 aromatic carbocycles. The van der Waals surface area contributed by atoms with Crippen molar-refractivity contribution in [2.24, 2.45) is 4.99 Å². The van der Waals surface area contributed by atoms with E-state index in [-0.39, 0.29) is 29.9 Å². The number of hydrogen-bond donors (Lipinski definition) is 3. The van der Waals surface area contributed by atoms with E-state index >= 15 is 0 Å². The number of carbonyl (C=O) groups is 1. The van der Waals surface area contributed by atoms with Crippen LogP contribution < -0.4 is 16.0 Å². The van der Waals surface area contributed by atoms with Crippen LogP contribution in [0, 0.1) is 0 Å². The largest absolute Gasteiger partial charge is 0.416 e. The Kier molecular flexibility index (Phi) is 7.88. The van der Waals surface area contributed by atoms with E-state index in [4.69, 9.17) is 0 Å². The molecule has 0 bridgehead atoms. The van der Waals surface area contributed by atoms with Crippen LogP contribution in [0.25, 0.3) is 0 Å². The molecule has 0 radical (unpaired) electrons. The molecule has 3 N–H and O–H groups in total. The van der Waals surface area contributed by atoms with Crippen LogP contribution in [0.2, 0.25) is 0 Å². The van der Waals surface area contributed by atoms with E-state index in [1.54, 1.807) is 7.05 Å². The zero-order valence-corrected chi connectivity index (χ0v) is 16.9. The molecule has 1 aliphatic heterocycles. The fourth-order valence-electron chi connectivity index (χ4n) is 2.91. The normalized spacial score (nSPS) is 19.0. The fourth-order valence-corrected chi connectivity index (χ4v) is 4.58. The first-order chi connectivity index (χ1) is 13.6. The zero-order chi connectivity index (χ0) is 21.5. The van der Waals surface area contributed by atoms with Gasteiger partial charge in [-0.2, -0.15) is 13.2 Å². The molecule has 2 rings (SSSR count). The summed E-state index contributed by atoms with van der Waals surface area (Å²) in [6, 6.07) is 4.66. The van der Waals surface area contributed by atoms with E-state index in [9.17, 15) is 26.4 Å². The highest BCUT2D eigenvalue weighted by molar-refractivity contribution is 7.91. The van der Waals surface area contributed by atoms with Gasteiger partial charge in [0.25, 0.3) is 0 Å². The van der Waals surface area contributed by atoms with Crippen molar-refractivity contribution in [2.75, 3.05) is 31.6 Å². The highest BCUT2D eigenvalue weighted by atomic mass is 32.2. The van der Waals surface area contributed by atoms with Crippen molar-refractivity contribution < 1.29 is 26.4 Å². The maximum Gasteiger partial charge on any atom is 0.416 e. The number of carbonyl (C=O) groups excluding carboxylic acids is 1. The molecule has 0 saturated carbocycles. The number of hydrogen-bond acceptors (Lipinski definition) is 4. The summed E-state index contributed by atoms with van der Waals surface area (Å²) in [4.78, 5) is 15.9. The van der Waals surface area contributed by atoms with E-state index in [2.05, 4.69) is 20.9 Å². The lowest BCUT2D eigenvalue weighted by molar-refractivity contribution is -0.137. The molecule has 0 aromatic heterocycles. The van der Waals surface area contributed by atoms with Gasteiger partial charge in [-0.1, -0.05) is 12.1 Å². The summed E-state index contributed by atoms with van der Waals surface area (Å²) in [6.45, 7) is 0.766. The van der Waals surface area contributed by atoms with Crippen LogP contribution in [-0.4, -0.2) is 58.0 Å². The lowest BCUT2D eigenvalue weighted by atomic mass is 10.1. The number of benzene rings is 1. The van der Waals surface area contributed by atoms with Gasteiger partial charge < -0.3 is 16.0 Å². The predicted molar refractivity (Wildman–Crippen MR) is 104 cm³/mol. The maximum absolute atomic E-state index is 12.6. The highest BCUT2D eigenvalue weighted by Crippen LogP contribution is 2.29. The number of halogens is 3. The molecule has 1 unspecified atom stereocenters. The van der Waals surface area contributed by atoms with Crippen molar-refractivity contribution in [2.45, 2.75) is 31.5 Å². The second kappa shape index (κ2) is 9.95. The summed E-state index contributed by atoms with van der Waals surface area (Å²) in [5.41, 5.74) is 0.0759. The summed E-state index contributed by atoms with van der Waals surface area (Å²) in [5, 5.41) is 8.70. The zero-order valence-electron chi connectivity index (χ0n) is 16.1. The van der Waals surface area contributed by atoms with Gasteiger partial charge in [-0.3, -0.25) is 9.79 Å². The monoisotopic (exact) mass is 434 g/mol. The van der Waals surface area contributed by atoms with Crippen molar-refractivity contribution >= 4 is 21.7 Å². The van der Waals surface area contributed by atoms with Crippen LogP contribution in [0.15, 0.2) is 29.3 Å². The number of alkyl halides is 3. The number of nitrogens with one attached hydrogen (secondary N) is 3. The topological polar surface area (TPSA) is 99.7 Å². The summed E-state index contributed by atoms with van der Waals surface area (Å²) < 4.78 is 60.4. The molecule has 0 aliphatic carbocycles. The van der Waals surface area contributed by atoms with Crippen molar-refractivity contribution in [3.05, 3.63) is 35.4 Å². The predicted octanol–water partition coefficient (Wildman–Crippen LogP) is 1.11. The Hall–Kier alpha value is -2.30. The quantitative estimate of drug-likeness (QED) is 0.441. The van der Waals surface area contributed by atoms with E-state index in [1.807, 2.05) is 0 Å². The first kappa shape index (κ1) is 23.0. The SMILES string of the molecule is CN=C(NCCC(=O)NC1CCS(=O)(=O)C1)NCCc1ccc(C(F)(F)F)cc1. The van der Waals surface area contributed by atoms with E-state index < -0.39 is 21.6 Å². The van der Waals surface area contributed by atoms with Crippen LogP contribution in [0.5, 0.6) is 0 Å². The molecule has 1 fully saturated rings. The summed E-state index contributed by atoms with van der Waals surface area (Å²) in [6.07, 6.45) is -3.23. The van der Waals surface area contributed by atoms with Gasteiger partial charge >= 0.3 is 6.18 Å². The third kappa shape index (κ3) is 7.92. The Morgan fingerprint density at radius 3 is 2.38 bits per heavy atom. The maximum atomic E-state index is 12.6. The summed E-state index contributed by atoms with van der Waals surface area (Å²) in [7, 11) is -1.47. The number of guanidine groups is 1. The van der Waals surface area contributed by atoms with Crippen LogP contribution in [0.3, 0.4) is 0 Å². The van der Waals surface area contributed by atoms with Crippen LogP contribution in [-0.2, 0) is 27.2 Å². The number of sulfone groups is 1. The first-order valence-corrected chi connectivity index (χ1v) is 11.0. The minimum Gasteiger partial charge on any atom is -0.356 e. The van der Waals surface area contributed by atoms with Gasteiger partial charge in [-0.05, 0) is 30.5 Å². The molecule has 29 heavy (non-hydrogen) atoms. The molecule has 0 spiro atoms. The van der Waals surface area contributed by atoms with Gasteiger partial charge in [-0.25, -0.2) is 8.42 Å². The molecule has 1 heterocycles. The van der Waals surface area contributed by atoms with Gasteiger partial charge in [0.05, 0.1) is 17.1 Å². The lowest BCUT2D eigenvalue weighted by Crippen LogP contribution is -2.41. The minimum atomic E-state index is -4.35. The molecule has 1 atom stereocenters. The van der Waals surface area contributed by atoms with E-state index in [0.29, 0.717) is 31.9 Å². The van der Waals surface area contributed by atoms with Gasteiger partial charge in [-0.15, -0.1) is 0 Å². The van der Waals surface area contributed by atoms with Crippen LogP contribution in [0.4, 0.5) is 13.2 Å². The molecule has 1 aliphatic rings. The molecule has 7 nitrogen and oxygen atoms in total. The molecule has 1 aromatic rings. The molecule has 162 valence electrons. The Balaban J connectivity index is 1.65. The lowest BCUT2D eigenvalue weighted by Gasteiger charge is -2.14. The Morgan fingerprint density at radius 1 is 1.17 bits per heavy atom. The third-order valence-electron chi connectivity index (χ3n) is 4.45. The third-order valence-corrected chi connectivity index (χ3v) is 6.22. The fraction of sp³-hybridized carbons (Fsp3) is 0.556. The minimum absolute atomic E-state index is 0.0145. The Morgan fingerprint density at radius 2 is 1.83 bits per heavy atom. The van der Waals surface area contributed by atoms with Gasteiger partial charge in [0.15, 0.2) is 15.8 Å². The second-order valence-corrected chi connectivity index (χ2v) is 9.02. The van der Waals surface area contributed by atoms with Crippen molar-refractivity contribution in [1.29, 1.82) is 0 Å². The smallest absolute Gasteiger partial charge is 0.356 e.